The zero-order valence-corrected chi connectivity index (χ0v) is 23.0. The van der Waals surface area contributed by atoms with Gasteiger partial charge in [-0.3, -0.25) is 9.36 Å². The van der Waals surface area contributed by atoms with Gasteiger partial charge in [0.2, 0.25) is 0 Å². The number of carbonyl (C=O) groups is 1. The van der Waals surface area contributed by atoms with Gasteiger partial charge >= 0.3 is 0 Å². The van der Waals surface area contributed by atoms with E-state index in [0.717, 1.165) is 5.75 Å². The van der Waals surface area contributed by atoms with Gasteiger partial charge in [0.05, 0.1) is 17.3 Å². The minimum absolute atomic E-state index is 0.0218. The molecule has 0 unspecified atom stereocenters. The topological polar surface area (TPSA) is 59.8 Å². The first-order valence-corrected chi connectivity index (χ1v) is 13.3. The van der Waals surface area contributed by atoms with Crippen LogP contribution in [0.3, 0.4) is 0 Å². The average molecular weight is 540 g/mol. The fourth-order valence-electron chi connectivity index (χ4n) is 3.70. The van der Waals surface area contributed by atoms with Crippen LogP contribution in [-0.4, -0.2) is 20.7 Å². The van der Waals surface area contributed by atoms with Crippen molar-refractivity contribution in [1.29, 1.82) is 0 Å². The Morgan fingerprint density at radius 3 is 2.42 bits per heavy atom. The number of thioether (sulfide) groups is 1. The van der Waals surface area contributed by atoms with Crippen molar-refractivity contribution in [3.8, 4) is 5.69 Å². The van der Waals surface area contributed by atoms with Crippen LogP contribution in [0.1, 0.15) is 53.6 Å². The van der Waals surface area contributed by atoms with Gasteiger partial charge in [-0.05, 0) is 59.4 Å². The summed E-state index contributed by atoms with van der Waals surface area (Å²) in [6.07, 6.45) is 0. The summed E-state index contributed by atoms with van der Waals surface area (Å²) in [6, 6.07) is 21.2. The van der Waals surface area contributed by atoms with Crippen LogP contribution in [0.25, 0.3) is 5.69 Å². The van der Waals surface area contributed by atoms with E-state index in [1.54, 1.807) is 30.0 Å². The Morgan fingerprint density at radius 2 is 1.72 bits per heavy atom. The van der Waals surface area contributed by atoms with Gasteiger partial charge in [-0.2, -0.15) is 0 Å². The predicted molar refractivity (Wildman–Crippen MR) is 148 cm³/mol. The van der Waals surface area contributed by atoms with Gasteiger partial charge in [-0.1, -0.05) is 92.1 Å². The molecular formula is C28H28Cl2N4OS. The molecule has 8 heteroatoms. The first kappa shape index (κ1) is 26.3. The molecule has 36 heavy (non-hydrogen) atoms. The number of hydrogen-bond acceptors (Lipinski definition) is 4. The molecule has 0 aliphatic rings. The lowest BCUT2D eigenvalue weighted by molar-refractivity contribution is 0.0949. The smallest absolute Gasteiger partial charge is 0.251 e. The van der Waals surface area contributed by atoms with Crippen LogP contribution in [0.5, 0.6) is 0 Å². The van der Waals surface area contributed by atoms with Crippen LogP contribution in [-0.2, 0) is 17.7 Å². The summed E-state index contributed by atoms with van der Waals surface area (Å²) in [6.45, 7) is 8.70. The zero-order chi connectivity index (χ0) is 25.9. The number of amides is 1. The molecule has 0 atom stereocenters. The van der Waals surface area contributed by atoms with Crippen molar-refractivity contribution in [2.75, 3.05) is 0 Å². The molecule has 4 rings (SSSR count). The number of aryl methyl sites for hydroxylation is 1. The summed E-state index contributed by atoms with van der Waals surface area (Å²) in [4.78, 5) is 12.9. The Hall–Kier alpha value is -2.80. The van der Waals surface area contributed by atoms with E-state index in [1.165, 1.54) is 16.7 Å². The van der Waals surface area contributed by atoms with Crippen LogP contribution in [0.2, 0.25) is 10.0 Å². The molecule has 186 valence electrons. The van der Waals surface area contributed by atoms with Crippen molar-refractivity contribution in [2.45, 2.75) is 50.6 Å². The molecule has 4 aromatic rings. The molecule has 3 aromatic carbocycles. The molecule has 1 heterocycles. The van der Waals surface area contributed by atoms with Gasteiger partial charge in [0.15, 0.2) is 11.0 Å². The fraction of sp³-hybridized carbons (Fsp3) is 0.250. The van der Waals surface area contributed by atoms with E-state index in [9.17, 15) is 4.79 Å². The zero-order valence-electron chi connectivity index (χ0n) is 20.7. The summed E-state index contributed by atoms with van der Waals surface area (Å²) in [7, 11) is 0. The monoisotopic (exact) mass is 538 g/mol. The third-order valence-corrected chi connectivity index (χ3v) is 7.42. The number of rotatable bonds is 7. The molecule has 0 saturated carbocycles. The largest absolute Gasteiger partial charge is 0.345 e. The second kappa shape index (κ2) is 11.1. The lowest BCUT2D eigenvalue weighted by atomic mass is 9.87. The number of halogens is 2. The van der Waals surface area contributed by atoms with Gasteiger partial charge < -0.3 is 5.32 Å². The van der Waals surface area contributed by atoms with Crippen molar-refractivity contribution >= 4 is 40.9 Å². The molecule has 1 N–H and O–H groups in total. The van der Waals surface area contributed by atoms with E-state index in [4.69, 9.17) is 23.2 Å². The minimum Gasteiger partial charge on any atom is -0.345 e. The van der Waals surface area contributed by atoms with Crippen LogP contribution in [0.15, 0.2) is 71.9 Å². The summed E-state index contributed by atoms with van der Waals surface area (Å²) < 4.78 is 1.86. The molecule has 0 radical (unpaired) electrons. The number of nitrogens with zero attached hydrogens (tertiary/aromatic N) is 3. The van der Waals surface area contributed by atoms with Crippen LogP contribution in [0.4, 0.5) is 0 Å². The normalized spacial score (nSPS) is 11.5. The molecule has 0 aliphatic heterocycles. The molecule has 0 bridgehead atoms. The quantitative estimate of drug-likeness (QED) is 0.249. The van der Waals surface area contributed by atoms with E-state index < -0.39 is 0 Å². The molecule has 0 spiro atoms. The molecule has 1 amide bonds. The average Bonchev–Trinajstić information content (AvgIpc) is 3.25. The number of nitrogens with one attached hydrogen (secondary N) is 1. The second-order valence-corrected chi connectivity index (χ2v) is 11.3. The van der Waals surface area contributed by atoms with Gasteiger partial charge in [0, 0.05) is 16.3 Å². The Balaban J connectivity index is 1.59. The maximum absolute atomic E-state index is 12.9. The van der Waals surface area contributed by atoms with Gasteiger partial charge in [-0.15, -0.1) is 10.2 Å². The highest BCUT2D eigenvalue weighted by Crippen LogP contribution is 2.31. The molecule has 0 fully saturated rings. The van der Waals surface area contributed by atoms with Crippen molar-refractivity contribution in [1.82, 2.24) is 20.1 Å². The lowest BCUT2D eigenvalue weighted by Crippen LogP contribution is -2.25. The fourth-order valence-corrected chi connectivity index (χ4v) is 5.11. The highest BCUT2D eigenvalue weighted by Gasteiger charge is 2.19. The highest BCUT2D eigenvalue weighted by atomic mass is 35.5. The van der Waals surface area contributed by atoms with E-state index in [0.29, 0.717) is 32.3 Å². The molecular weight excluding hydrogens is 511 g/mol. The number of carbonyl (C=O) groups excluding carboxylic acids is 1. The number of hydrogen-bond donors (Lipinski definition) is 1. The van der Waals surface area contributed by atoms with Crippen molar-refractivity contribution in [2.24, 2.45) is 0 Å². The van der Waals surface area contributed by atoms with Crippen molar-refractivity contribution in [3.05, 3.63) is 105 Å². The summed E-state index contributed by atoms with van der Waals surface area (Å²) in [5, 5.41) is 13.5. The predicted octanol–water partition coefficient (Wildman–Crippen LogP) is 7.40. The second-order valence-electron chi connectivity index (χ2n) is 9.56. The SMILES string of the molecule is Cc1ccccc1CSc1nnc(CNC(=O)c2ccc(C(C)(C)C)cc2)n1-c1cc(Cl)ccc1Cl. The Kier molecular flexibility index (Phi) is 8.08. The molecule has 0 saturated heterocycles. The van der Waals surface area contributed by atoms with Crippen molar-refractivity contribution < 1.29 is 4.79 Å². The number of aromatic nitrogens is 3. The molecule has 0 aliphatic carbocycles. The molecule has 1 aromatic heterocycles. The van der Waals surface area contributed by atoms with E-state index >= 15 is 0 Å². The van der Waals surface area contributed by atoms with Gasteiger partial charge in [0.25, 0.3) is 5.91 Å². The standard InChI is InChI=1S/C28H28Cl2N4OS/c1-18-7-5-6-8-20(18)17-36-27-33-32-25(34(27)24-15-22(29)13-14-23(24)30)16-31-26(35)19-9-11-21(12-10-19)28(2,3)4/h5-15H,16-17H2,1-4H3,(H,31,35). The first-order chi connectivity index (χ1) is 17.1. The summed E-state index contributed by atoms with van der Waals surface area (Å²) in [5.74, 6) is 1.09. The lowest BCUT2D eigenvalue weighted by Gasteiger charge is -2.19. The third-order valence-electron chi connectivity index (χ3n) is 5.89. The van der Waals surface area contributed by atoms with E-state index in [2.05, 4.69) is 55.3 Å². The third kappa shape index (κ3) is 6.12. The Bertz CT molecular complexity index is 1380. The first-order valence-electron chi connectivity index (χ1n) is 11.6. The maximum Gasteiger partial charge on any atom is 0.251 e. The van der Waals surface area contributed by atoms with Crippen molar-refractivity contribution in [3.63, 3.8) is 0 Å². The van der Waals surface area contributed by atoms with Crippen LogP contribution >= 0.6 is 35.0 Å². The highest BCUT2D eigenvalue weighted by molar-refractivity contribution is 7.98. The minimum atomic E-state index is -0.184. The Labute approximate surface area is 226 Å². The van der Waals surface area contributed by atoms with Crippen LogP contribution < -0.4 is 5.32 Å². The van der Waals surface area contributed by atoms with Gasteiger partial charge in [0.1, 0.15) is 0 Å². The molecule has 5 nitrogen and oxygen atoms in total. The summed E-state index contributed by atoms with van der Waals surface area (Å²) in [5.41, 5.74) is 4.87. The van der Waals surface area contributed by atoms with Gasteiger partial charge in [-0.25, -0.2) is 0 Å². The Morgan fingerprint density at radius 1 is 1.00 bits per heavy atom. The van der Waals surface area contributed by atoms with E-state index in [1.807, 2.05) is 41.0 Å². The number of benzene rings is 3. The van der Waals surface area contributed by atoms with Crippen LogP contribution in [0, 0.1) is 6.92 Å². The van der Waals surface area contributed by atoms with E-state index in [-0.39, 0.29) is 17.9 Å². The summed E-state index contributed by atoms with van der Waals surface area (Å²) >= 11 is 14.4. The maximum atomic E-state index is 12.9.